The quantitative estimate of drug-likeness (QED) is 0.843. The number of benzene rings is 2. The third-order valence-corrected chi connectivity index (χ3v) is 6.48. The lowest BCUT2D eigenvalue weighted by molar-refractivity contribution is -0.140. The molecule has 1 heterocycles. The Kier molecular flexibility index (Phi) is 4.97. The van der Waals surface area contributed by atoms with Crippen molar-refractivity contribution in [2.75, 3.05) is 11.2 Å². The zero-order valence-electron chi connectivity index (χ0n) is 15.1. The molecule has 28 heavy (non-hydrogen) atoms. The average molecular weight is 408 g/mol. The molecule has 1 unspecified atom stereocenters. The molecule has 1 N–H and O–H groups in total. The van der Waals surface area contributed by atoms with Crippen molar-refractivity contribution < 1.29 is 26.8 Å². The Morgan fingerprint density at radius 1 is 1.14 bits per heavy atom. The molecule has 1 aliphatic heterocycles. The molecule has 6 nitrogen and oxygen atoms in total. The van der Waals surface area contributed by atoms with Crippen LogP contribution in [0.5, 0.6) is 0 Å². The number of rotatable bonds is 4. The lowest BCUT2D eigenvalue weighted by Gasteiger charge is -2.33. The van der Waals surface area contributed by atoms with Crippen LogP contribution < -0.4 is 5.32 Å². The first-order valence-electron chi connectivity index (χ1n) is 8.38. The minimum absolute atomic E-state index is 0.308. The van der Waals surface area contributed by atoms with Crippen LogP contribution in [0.1, 0.15) is 24.7 Å². The van der Waals surface area contributed by atoms with Gasteiger partial charge in [-0.25, -0.2) is 17.2 Å². The monoisotopic (exact) mass is 408 g/mol. The predicted molar refractivity (Wildman–Crippen MR) is 98.9 cm³/mol. The van der Waals surface area contributed by atoms with Crippen LogP contribution in [0.15, 0.2) is 48.5 Å². The van der Waals surface area contributed by atoms with Crippen molar-refractivity contribution in [2.24, 2.45) is 0 Å². The van der Waals surface area contributed by atoms with Gasteiger partial charge in [0.1, 0.15) is 23.1 Å². The molecule has 2 aromatic carbocycles. The topological polar surface area (TPSA) is 83.6 Å². The number of halogens is 2. The van der Waals surface area contributed by atoms with Crippen LogP contribution in [0.3, 0.4) is 0 Å². The lowest BCUT2D eigenvalue weighted by Crippen LogP contribution is -2.53. The second-order valence-electron chi connectivity index (χ2n) is 6.99. The molecular formula is C19H18F2N2O4S. The Balaban J connectivity index is 1.90. The zero-order chi connectivity index (χ0) is 20.7. The number of nitrogens with zero attached hydrogens (tertiary/aromatic N) is 1. The van der Waals surface area contributed by atoms with Gasteiger partial charge in [0.2, 0.25) is 11.8 Å². The highest BCUT2D eigenvalue weighted by atomic mass is 32.2. The van der Waals surface area contributed by atoms with Crippen molar-refractivity contribution in [3.63, 3.8) is 0 Å². The van der Waals surface area contributed by atoms with E-state index in [0.717, 1.165) is 23.1 Å². The first kappa shape index (κ1) is 19.9. The summed E-state index contributed by atoms with van der Waals surface area (Å²) >= 11 is 0. The Morgan fingerprint density at radius 2 is 1.79 bits per heavy atom. The molecule has 9 heteroatoms. The third-order valence-electron chi connectivity index (χ3n) is 4.67. The second kappa shape index (κ2) is 6.97. The fourth-order valence-corrected chi connectivity index (χ4v) is 4.98. The van der Waals surface area contributed by atoms with Gasteiger partial charge in [0.05, 0.1) is 5.69 Å². The van der Waals surface area contributed by atoms with Crippen LogP contribution in [0.4, 0.5) is 14.5 Å². The molecule has 1 aliphatic rings. The van der Waals surface area contributed by atoms with Crippen molar-refractivity contribution in [1.82, 2.24) is 4.90 Å². The summed E-state index contributed by atoms with van der Waals surface area (Å²) < 4.78 is 52.4. The standard InChI is InChI=1S/C19H18F2N2O4S/c1-19(2,18(25)22-15-10-13(20)8-9-14(15)21)23-11-28(26,27)16(17(23)24)12-6-4-3-5-7-12/h3-10,16H,11H2,1-2H3,(H,22,25). The average Bonchev–Trinajstić information content (AvgIpc) is 2.88. The lowest BCUT2D eigenvalue weighted by atomic mass is 10.0. The molecular weight excluding hydrogens is 390 g/mol. The maximum atomic E-state index is 13.8. The molecule has 2 aromatic rings. The smallest absolute Gasteiger partial charge is 0.249 e. The molecule has 0 saturated carbocycles. The van der Waals surface area contributed by atoms with Crippen LogP contribution in [-0.4, -0.2) is 36.5 Å². The van der Waals surface area contributed by atoms with Gasteiger partial charge in [-0.1, -0.05) is 30.3 Å². The molecule has 2 amide bonds. The van der Waals surface area contributed by atoms with Gasteiger partial charge in [-0.3, -0.25) is 9.59 Å². The largest absolute Gasteiger partial charge is 0.321 e. The summed E-state index contributed by atoms with van der Waals surface area (Å²) in [7, 11) is -3.88. The maximum Gasteiger partial charge on any atom is 0.249 e. The summed E-state index contributed by atoms with van der Waals surface area (Å²) in [5, 5.41) is 0.818. The summed E-state index contributed by atoms with van der Waals surface area (Å²) in [6.07, 6.45) is 0. The molecule has 3 rings (SSSR count). The molecule has 148 valence electrons. The van der Waals surface area contributed by atoms with E-state index in [1.165, 1.54) is 26.0 Å². The number of hydrogen-bond acceptors (Lipinski definition) is 4. The highest BCUT2D eigenvalue weighted by Gasteiger charge is 2.52. The fourth-order valence-electron chi connectivity index (χ4n) is 3.02. The number of hydrogen-bond donors (Lipinski definition) is 1. The fraction of sp³-hybridized carbons (Fsp3) is 0.263. The Labute approximate surface area is 161 Å². The molecule has 0 spiro atoms. The van der Waals surface area contributed by atoms with E-state index in [0.29, 0.717) is 5.56 Å². The number of nitrogens with one attached hydrogen (secondary N) is 1. The summed E-state index contributed by atoms with van der Waals surface area (Å²) in [5.74, 6) is -3.84. The first-order chi connectivity index (χ1) is 13.0. The molecule has 0 aromatic heterocycles. The van der Waals surface area contributed by atoms with Crippen LogP contribution in [0, 0.1) is 11.6 Å². The Hall–Kier alpha value is -2.81. The van der Waals surface area contributed by atoms with Crippen molar-refractivity contribution >= 4 is 27.3 Å². The molecule has 1 fully saturated rings. The van der Waals surface area contributed by atoms with Crippen LogP contribution >= 0.6 is 0 Å². The van der Waals surface area contributed by atoms with Gasteiger partial charge >= 0.3 is 0 Å². The van der Waals surface area contributed by atoms with Crippen LogP contribution in [-0.2, 0) is 19.4 Å². The number of anilines is 1. The van der Waals surface area contributed by atoms with Crippen LogP contribution in [0.2, 0.25) is 0 Å². The summed E-state index contributed by atoms with van der Waals surface area (Å²) in [5.41, 5.74) is -1.71. The number of carbonyl (C=O) groups is 2. The molecule has 0 bridgehead atoms. The summed E-state index contributed by atoms with van der Waals surface area (Å²) in [6, 6.07) is 10.5. The van der Waals surface area contributed by atoms with Crippen molar-refractivity contribution in [2.45, 2.75) is 24.6 Å². The van der Waals surface area contributed by atoms with Crippen molar-refractivity contribution in [3.05, 3.63) is 65.7 Å². The van der Waals surface area contributed by atoms with Gasteiger partial charge in [-0.05, 0) is 31.5 Å². The Morgan fingerprint density at radius 3 is 2.43 bits per heavy atom. The van der Waals surface area contributed by atoms with Gasteiger partial charge in [-0.15, -0.1) is 0 Å². The van der Waals surface area contributed by atoms with Crippen molar-refractivity contribution in [1.29, 1.82) is 0 Å². The minimum Gasteiger partial charge on any atom is -0.321 e. The number of sulfone groups is 1. The van der Waals surface area contributed by atoms with Gasteiger partial charge in [0.25, 0.3) is 0 Å². The van der Waals surface area contributed by atoms with Gasteiger partial charge in [0, 0.05) is 6.07 Å². The minimum atomic E-state index is -3.88. The van der Waals surface area contributed by atoms with Crippen LogP contribution in [0.25, 0.3) is 0 Å². The van der Waals surface area contributed by atoms with Gasteiger partial charge in [0.15, 0.2) is 15.1 Å². The highest BCUT2D eigenvalue weighted by Crippen LogP contribution is 2.36. The molecule has 0 radical (unpaired) electrons. The van der Waals surface area contributed by atoms with E-state index < -0.39 is 55.6 Å². The molecule has 1 saturated heterocycles. The van der Waals surface area contributed by atoms with E-state index in [-0.39, 0.29) is 0 Å². The third kappa shape index (κ3) is 3.49. The molecule has 1 atom stereocenters. The van der Waals surface area contributed by atoms with Gasteiger partial charge < -0.3 is 10.2 Å². The number of amides is 2. The van der Waals surface area contributed by atoms with Crippen molar-refractivity contribution in [3.8, 4) is 0 Å². The highest BCUT2D eigenvalue weighted by molar-refractivity contribution is 7.92. The SMILES string of the molecule is CC(C)(C(=O)Nc1cc(F)ccc1F)N1CS(=O)(=O)C(c2ccccc2)C1=O. The van der Waals surface area contributed by atoms with E-state index >= 15 is 0 Å². The second-order valence-corrected chi connectivity index (χ2v) is 9.04. The predicted octanol–water partition coefficient (Wildman–Crippen LogP) is 2.64. The number of carbonyl (C=O) groups excluding carboxylic acids is 2. The van der Waals surface area contributed by atoms with E-state index in [1.54, 1.807) is 18.2 Å². The maximum absolute atomic E-state index is 13.8. The zero-order valence-corrected chi connectivity index (χ0v) is 16.0. The van der Waals surface area contributed by atoms with E-state index in [1.807, 2.05) is 0 Å². The van der Waals surface area contributed by atoms with Gasteiger partial charge in [-0.2, -0.15) is 0 Å². The van der Waals surface area contributed by atoms with E-state index in [4.69, 9.17) is 0 Å². The van der Waals surface area contributed by atoms with E-state index in [9.17, 15) is 26.8 Å². The Bertz CT molecular complexity index is 1040. The normalized spacial score (nSPS) is 18.9. The summed E-state index contributed by atoms with van der Waals surface area (Å²) in [6.45, 7) is 2.70. The first-order valence-corrected chi connectivity index (χ1v) is 10.1. The summed E-state index contributed by atoms with van der Waals surface area (Å²) in [4.78, 5) is 26.5. The van der Waals surface area contributed by atoms with E-state index in [2.05, 4.69) is 5.32 Å². The molecule has 0 aliphatic carbocycles.